The van der Waals surface area contributed by atoms with Crippen molar-refractivity contribution in [2.45, 2.75) is 46.5 Å². The summed E-state index contributed by atoms with van der Waals surface area (Å²) in [5.74, 6) is 0. The van der Waals surface area contributed by atoms with Gasteiger partial charge in [-0.05, 0) is 49.7 Å². The second kappa shape index (κ2) is 6.48. The van der Waals surface area contributed by atoms with E-state index in [1.54, 1.807) is 0 Å². The van der Waals surface area contributed by atoms with Crippen LogP contribution in [0.1, 0.15) is 44.4 Å². The van der Waals surface area contributed by atoms with Crippen molar-refractivity contribution in [1.82, 2.24) is 4.98 Å². The Bertz CT molecular complexity index is 681. The number of aryl methyl sites for hydroxylation is 1. The fraction of sp³-hybridized carbons (Fsp3) is 0.550. The molecule has 0 aliphatic carbocycles. The van der Waals surface area contributed by atoms with Gasteiger partial charge in [0.15, 0.2) is 0 Å². The molecule has 0 bridgehead atoms. The first-order valence-corrected chi connectivity index (χ1v) is 8.88. The minimum Gasteiger partial charge on any atom is -0.396 e. The molecule has 0 spiro atoms. The van der Waals surface area contributed by atoms with E-state index in [1.807, 2.05) is 0 Å². The Morgan fingerprint density at radius 3 is 2.48 bits per heavy atom. The second-order valence-corrected chi connectivity index (χ2v) is 6.89. The van der Waals surface area contributed by atoms with Crippen LogP contribution in [0.25, 0.3) is 10.9 Å². The first kappa shape index (κ1) is 16.3. The maximum atomic E-state index is 9.79. The number of fused-ring (bicyclic) bond motifs is 1. The molecule has 3 nitrogen and oxygen atoms in total. The third-order valence-corrected chi connectivity index (χ3v) is 5.75. The predicted octanol–water partition coefficient (Wildman–Crippen LogP) is 4.09. The normalized spacial score (nSPS) is 17.7. The van der Waals surface area contributed by atoms with Gasteiger partial charge in [-0.3, -0.25) is 4.98 Å². The lowest BCUT2D eigenvalue weighted by Gasteiger charge is -2.42. The van der Waals surface area contributed by atoms with E-state index in [9.17, 15) is 5.11 Å². The first-order valence-electron chi connectivity index (χ1n) is 8.88. The molecule has 124 valence electrons. The Morgan fingerprint density at radius 2 is 1.87 bits per heavy atom. The van der Waals surface area contributed by atoms with Gasteiger partial charge >= 0.3 is 0 Å². The van der Waals surface area contributed by atoms with Crippen LogP contribution < -0.4 is 4.90 Å². The van der Waals surface area contributed by atoms with Crippen LogP contribution in [0.2, 0.25) is 0 Å². The van der Waals surface area contributed by atoms with Crippen molar-refractivity contribution < 1.29 is 5.11 Å². The Labute approximate surface area is 139 Å². The van der Waals surface area contributed by atoms with E-state index in [4.69, 9.17) is 4.98 Å². The summed E-state index contributed by atoms with van der Waals surface area (Å²) in [4.78, 5) is 7.32. The van der Waals surface area contributed by atoms with Gasteiger partial charge in [0.1, 0.15) is 0 Å². The summed E-state index contributed by atoms with van der Waals surface area (Å²) in [7, 11) is 0. The van der Waals surface area contributed by atoms with Gasteiger partial charge < -0.3 is 10.0 Å². The summed E-state index contributed by atoms with van der Waals surface area (Å²) in [6.45, 7) is 8.91. The molecule has 3 rings (SSSR count). The van der Waals surface area contributed by atoms with Crippen LogP contribution in [0.3, 0.4) is 0 Å². The number of piperidine rings is 1. The number of rotatable bonds is 4. The van der Waals surface area contributed by atoms with E-state index >= 15 is 0 Å². The number of anilines is 1. The highest BCUT2D eigenvalue weighted by atomic mass is 16.3. The van der Waals surface area contributed by atoms with Gasteiger partial charge in [-0.15, -0.1) is 0 Å². The zero-order valence-corrected chi connectivity index (χ0v) is 14.6. The third-order valence-electron chi connectivity index (χ3n) is 5.75. The number of aliphatic hydroxyl groups is 1. The monoisotopic (exact) mass is 312 g/mol. The smallest absolute Gasteiger partial charge is 0.0726 e. The molecular weight excluding hydrogens is 284 g/mol. The number of benzene rings is 1. The number of aromatic nitrogens is 1. The second-order valence-electron chi connectivity index (χ2n) is 6.89. The first-order chi connectivity index (χ1) is 11.1. The molecule has 2 heterocycles. The molecule has 1 aliphatic heterocycles. The van der Waals surface area contributed by atoms with E-state index in [0.29, 0.717) is 6.61 Å². The number of para-hydroxylation sites is 1. The SMILES string of the molecule is CCc1c(C)nc2ccccc2c1N1CCC(CC)(CO)CC1. The molecule has 1 N–H and O–H groups in total. The van der Waals surface area contributed by atoms with Gasteiger partial charge in [-0.25, -0.2) is 0 Å². The van der Waals surface area contributed by atoms with Crippen molar-refractivity contribution >= 4 is 16.6 Å². The summed E-state index contributed by atoms with van der Waals surface area (Å²) in [5.41, 5.74) is 5.11. The number of pyridine rings is 1. The maximum absolute atomic E-state index is 9.79. The van der Waals surface area contributed by atoms with Crippen LogP contribution in [0.4, 0.5) is 5.69 Å². The minimum absolute atomic E-state index is 0.126. The van der Waals surface area contributed by atoms with Gasteiger partial charge in [0.25, 0.3) is 0 Å². The Morgan fingerprint density at radius 1 is 1.17 bits per heavy atom. The van der Waals surface area contributed by atoms with Crippen molar-refractivity contribution in [3.63, 3.8) is 0 Å². The van der Waals surface area contributed by atoms with E-state index in [0.717, 1.165) is 50.0 Å². The number of hydrogen-bond donors (Lipinski definition) is 1. The Kier molecular flexibility index (Phi) is 4.58. The van der Waals surface area contributed by atoms with E-state index in [1.165, 1.54) is 16.6 Å². The zero-order valence-electron chi connectivity index (χ0n) is 14.6. The highest BCUT2D eigenvalue weighted by molar-refractivity contribution is 5.94. The molecule has 3 heteroatoms. The van der Waals surface area contributed by atoms with Gasteiger partial charge in [-0.2, -0.15) is 0 Å². The Balaban J connectivity index is 2.03. The average molecular weight is 312 g/mol. The molecule has 2 aromatic rings. The molecule has 0 radical (unpaired) electrons. The molecule has 1 aromatic heterocycles. The Hall–Kier alpha value is -1.61. The largest absolute Gasteiger partial charge is 0.396 e. The minimum atomic E-state index is 0.126. The lowest BCUT2D eigenvalue weighted by molar-refractivity contribution is 0.0922. The maximum Gasteiger partial charge on any atom is 0.0726 e. The van der Waals surface area contributed by atoms with E-state index < -0.39 is 0 Å². The fourth-order valence-electron chi connectivity index (χ4n) is 3.97. The summed E-state index contributed by atoms with van der Waals surface area (Å²) in [6.07, 6.45) is 4.21. The van der Waals surface area contributed by atoms with E-state index in [2.05, 4.69) is 49.9 Å². The van der Waals surface area contributed by atoms with Crippen LogP contribution in [-0.2, 0) is 6.42 Å². The van der Waals surface area contributed by atoms with Crippen molar-refractivity contribution in [1.29, 1.82) is 0 Å². The fourth-order valence-corrected chi connectivity index (χ4v) is 3.97. The number of hydrogen-bond acceptors (Lipinski definition) is 3. The molecule has 1 aliphatic rings. The lowest BCUT2D eigenvalue weighted by atomic mass is 9.76. The topological polar surface area (TPSA) is 36.4 Å². The number of nitrogens with zero attached hydrogens (tertiary/aromatic N) is 2. The molecular formula is C20H28N2O. The average Bonchev–Trinajstić information content (AvgIpc) is 2.60. The van der Waals surface area contributed by atoms with Crippen LogP contribution in [0, 0.1) is 12.3 Å². The van der Waals surface area contributed by atoms with Crippen LogP contribution in [0.5, 0.6) is 0 Å². The summed E-state index contributed by atoms with van der Waals surface area (Å²) < 4.78 is 0. The third kappa shape index (κ3) is 2.83. The molecule has 0 amide bonds. The molecule has 1 saturated heterocycles. The molecule has 0 atom stereocenters. The zero-order chi connectivity index (χ0) is 16.4. The quantitative estimate of drug-likeness (QED) is 0.923. The van der Waals surface area contributed by atoms with Crippen molar-refractivity contribution in [2.24, 2.45) is 5.41 Å². The molecule has 0 unspecified atom stereocenters. The van der Waals surface area contributed by atoms with Gasteiger partial charge in [0, 0.05) is 30.8 Å². The van der Waals surface area contributed by atoms with Crippen molar-refractivity contribution in [3.05, 3.63) is 35.5 Å². The van der Waals surface area contributed by atoms with Crippen LogP contribution in [0.15, 0.2) is 24.3 Å². The van der Waals surface area contributed by atoms with Gasteiger partial charge in [0.05, 0.1) is 11.2 Å². The van der Waals surface area contributed by atoms with Crippen LogP contribution >= 0.6 is 0 Å². The summed E-state index contributed by atoms with van der Waals surface area (Å²) in [5, 5.41) is 11.1. The predicted molar refractivity (Wildman–Crippen MR) is 97.1 cm³/mol. The van der Waals surface area contributed by atoms with Crippen molar-refractivity contribution in [2.75, 3.05) is 24.6 Å². The number of aliphatic hydroxyl groups excluding tert-OH is 1. The molecule has 23 heavy (non-hydrogen) atoms. The highest BCUT2D eigenvalue weighted by Gasteiger charge is 2.33. The van der Waals surface area contributed by atoms with E-state index in [-0.39, 0.29) is 5.41 Å². The summed E-state index contributed by atoms with van der Waals surface area (Å²) >= 11 is 0. The van der Waals surface area contributed by atoms with Crippen LogP contribution in [-0.4, -0.2) is 29.8 Å². The summed E-state index contributed by atoms with van der Waals surface area (Å²) in [6, 6.07) is 8.48. The highest BCUT2D eigenvalue weighted by Crippen LogP contribution is 2.39. The van der Waals surface area contributed by atoms with Gasteiger partial charge in [0.2, 0.25) is 0 Å². The molecule has 1 fully saturated rings. The standard InChI is InChI=1S/C20H28N2O/c1-4-16-15(3)21-18-9-7-6-8-17(18)19(16)22-12-10-20(5-2,14-23)11-13-22/h6-9,23H,4-5,10-14H2,1-3H3. The molecule has 1 aromatic carbocycles. The van der Waals surface area contributed by atoms with Crippen molar-refractivity contribution in [3.8, 4) is 0 Å². The lowest BCUT2D eigenvalue weighted by Crippen LogP contribution is -2.42. The van der Waals surface area contributed by atoms with Gasteiger partial charge in [-0.1, -0.05) is 32.0 Å². The molecule has 0 saturated carbocycles.